The van der Waals surface area contributed by atoms with Gasteiger partial charge in [0.2, 0.25) is 0 Å². The van der Waals surface area contributed by atoms with Crippen molar-refractivity contribution in [3.05, 3.63) is 28.2 Å². The van der Waals surface area contributed by atoms with Crippen LogP contribution in [-0.2, 0) is 0 Å². The highest BCUT2D eigenvalue weighted by Gasteiger charge is 2.24. The van der Waals surface area contributed by atoms with Crippen molar-refractivity contribution in [3.63, 3.8) is 0 Å². The molecule has 0 spiro atoms. The summed E-state index contributed by atoms with van der Waals surface area (Å²) in [5, 5.41) is 0. The van der Waals surface area contributed by atoms with Gasteiger partial charge >= 0.3 is 0 Å². The Morgan fingerprint density at radius 3 is 2.69 bits per heavy atom. The summed E-state index contributed by atoms with van der Waals surface area (Å²) in [6, 6.07) is 5.54. The smallest absolute Gasteiger partial charge is 0.254 e. The molecule has 1 aromatic rings. The van der Waals surface area contributed by atoms with Gasteiger partial charge in [-0.3, -0.25) is 4.79 Å². The van der Waals surface area contributed by atoms with Gasteiger partial charge in [0.1, 0.15) is 5.75 Å². The molecule has 0 N–H and O–H groups in total. The van der Waals surface area contributed by atoms with E-state index in [1.807, 2.05) is 12.1 Å². The highest BCUT2D eigenvalue weighted by Crippen LogP contribution is 2.29. The molecule has 0 aliphatic heterocycles. The first-order valence-electron chi connectivity index (χ1n) is 5.26. The average Bonchev–Trinajstić information content (AvgIpc) is 3.03. The summed E-state index contributed by atoms with van der Waals surface area (Å²) in [5.74, 6) is 0.754. The topological polar surface area (TPSA) is 29.5 Å². The van der Waals surface area contributed by atoms with Crippen LogP contribution in [0.5, 0.6) is 5.75 Å². The highest BCUT2D eigenvalue weighted by atomic mass is 79.9. The molecule has 1 aromatic carbocycles. The Morgan fingerprint density at radius 1 is 1.44 bits per heavy atom. The lowest BCUT2D eigenvalue weighted by molar-refractivity contribution is 0.0826. The van der Waals surface area contributed by atoms with Crippen LogP contribution in [0.15, 0.2) is 22.7 Å². The number of hydrogen-bond acceptors (Lipinski definition) is 2. The maximum Gasteiger partial charge on any atom is 0.254 e. The van der Waals surface area contributed by atoms with Gasteiger partial charge < -0.3 is 9.64 Å². The summed E-state index contributed by atoms with van der Waals surface area (Å²) in [6.07, 6.45) is 2.59. The molecule has 3 nitrogen and oxygen atoms in total. The molecule has 0 bridgehead atoms. The zero-order valence-electron chi connectivity index (χ0n) is 9.37. The Labute approximate surface area is 104 Å². The van der Waals surface area contributed by atoms with Gasteiger partial charge in [-0.05, 0) is 47.0 Å². The van der Waals surface area contributed by atoms with Gasteiger partial charge in [0.25, 0.3) is 5.91 Å². The first-order valence-corrected chi connectivity index (χ1v) is 6.05. The van der Waals surface area contributed by atoms with Gasteiger partial charge in [0.15, 0.2) is 0 Å². The minimum absolute atomic E-state index is 0.0203. The third kappa shape index (κ3) is 2.55. The van der Waals surface area contributed by atoms with E-state index in [9.17, 15) is 4.79 Å². The van der Waals surface area contributed by atoms with Crippen LogP contribution in [0.25, 0.3) is 0 Å². The quantitative estimate of drug-likeness (QED) is 0.854. The van der Waals surface area contributed by atoms with E-state index in [0.717, 1.165) is 23.1 Å². The Hall–Kier alpha value is -1.03. The molecule has 0 unspecified atom stereocenters. The average molecular weight is 284 g/mol. The number of nitrogens with zero attached hydrogens (tertiary/aromatic N) is 1. The zero-order chi connectivity index (χ0) is 11.7. The minimum atomic E-state index is -0.0203. The summed E-state index contributed by atoms with van der Waals surface area (Å²) in [4.78, 5) is 13.4. The molecular formula is C12H14BrNO2. The van der Waals surface area contributed by atoms with Gasteiger partial charge in [-0.1, -0.05) is 0 Å². The second-order valence-electron chi connectivity index (χ2n) is 4.16. The monoisotopic (exact) mass is 283 g/mol. The zero-order valence-corrected chi connectivity index (χ0v) is 11.0. The number of carbonyl (C=O) groups excluding carboxylic acids is 1. The van der Waals surface area contributed by atoms with Gasteiger partial charge in [-0.2, -0.15) is 0 Å². The first kappa shape index (κ1) is 11.5. The molecule has 86 valence electrons. The van der Waals surface area contributed by atoms with Crippen LogP contribution >= 0.6 is 15.9 Å². The lowest BCUT2D eigenvalue weighted by Gasteiger charge is -2.13. The van der Waals surface area contributed by atoms with Crippen LogP contribution in [0.1, 0.15) is 23.2 Å². The fraction of sp³-hybridized carbons (Fsp3) is 0.417. The van der Waals surface area contributed by atoms with E-state index in [2.05, 4.69) is 15.9 Å². The number of ether oxygens (including phenoxy) is 1. The molecule has 2 rings (SSSR count). The summed E-state index contributed by atoms with van der Waals surface area (Å²) < 4.78 is 6.46. The number of hydrogen-bond donors (Lipinski definition) is 0. The maximum absolute atomic E-state index is 11.9. The van der Waals surface area contributed by atoms with Gasteiger partial charge in [0, 0.05) is 18.6 Å². The fourth-order valence-electron chi connectivity index (χ4n) is 1.36. The number of amides is 1. The summed E-state index contributed by atoms with van der Waals surface area (Å²) >= 11 is 3.38. The fourth-order valence-corrected chi connectivity index (χ4v) is 1.78. The Balaban J connectivity index is 2.24. The Kier molecular flexibility index (Phi) is 3.19. The lowest BCUT2D eigenvalue weighted by Crippen LogP contribution is -2.22. The molecule has 1 aliphatic rings. The van der Waals surface area contributed by atoms with Crippen LogP contribution in [-0.4, -0.2) is 31.0 Å². The van der Waals surface area contributed by atoms with Crippen LogP contribution in [0.2, 0.25) is 0 Å². The lowest BCUT2D eigenvalue weighted by atomic mass is 10.2. The molecule has 0 radical (unpaired) electrons. The van der Waals surface area contributed by atoms with E-state index < -0.39 is 0 Å². The predicted molar refractivity (Wildman–Crippen MR) is 65.8 cm³/mol. The first-order chi connectivity index (χ1) is 7.58. The second kappa shape index (κ2) is 4.45. The van der Waals surface area contributed by atoms with Crippen molar-refractivity contribution in [3.8, 4) is 5.75 Å². The molecule has 0 heterocycles. The standard InChI is InChI=1S/C12H14BrNO2/c1-14(2)12(15)10-7-9(5-6-11(10)13)16-8-3-4-8/h5-8H,3-4H2,1-2H3. The summed E-state index contributed by atoms with van der Waals surface area (Å²) in [5.41, 5.74) is 0.642. The van der Waals surface area contributed by atoms with Crippen LogP contribution in [0.3, 0.4) is 0 Å². The number of rotatable bonds is 3. The molecule has 1 amide bonds. The molecule has 1 saturated carbocycles. The Morgan fingerprint density at radius 2 is 2.12 bits per heavy atom. The molecule has 0 aromatic heterocycles. The number of carbonyl (C=O) groups is 1. The summed E-state index contributed by atoms with van der Waals surface area (Å²) in [7, 11) is 3.48. The maximum atomic E-state index is 11.9. The molecule has 1 aliphatic carbocycles. The minimum Gasteiger partial charge on any atom is -0.490 e. The third-order valence-corrected chi connectivity index (χ3v) is 3.09. The normalized spacial score (nSPS) is 14.7. The van der Waals surface area contributed by atoms with E-state index >= 15 is 0 Å². The van der Waals surface area contributed by atoms with Crippen LogP contribution in [0, 0.1) is 0 Å². The van der Waals surface area contributed by atoms with Gasteiger partial charge in [-0.15, -0.1) is 0 Å². The van der Waals surface area contributed by atoms with Crippen molar-refractivity contribution in [2.24, 2.45) is 0 Å². The van der Waals surface area contributed by atoms with E-state index in [1.54, 1.807) is 25.1 Å². The van der Waals surface area contributed by atoms with Crippen molar-refractivity contribution >= 4 is 21.8 Å². The van der Waals surface area contributed by atoms with Crippen molar-refractivity contribution in [1.29, 1.82) is 0 Å². The molecular weight excluding hydrogens is 270 g/mol. The SMILES string of the molecule is CN(C)C(=O)c1cc(OC2CC2)ccc1Br. The van der Waals surface area contributed by atoms with E-state index in [4.69, 9.17) is 4.74 Å². The van der Waals surface area contributed by atoms with Crippen molar-refractivity contribution < 1.29 is 9.53 Å². The van der Waals surface area contributed by atoms with E-state index in [1.165, 1.54) is 0 Å². The van der Waals surface area contributed by atoms with Gasteiger partial charge in [0.05, 0.1) is 11.7 Å². The molecule has 0 saturated heterocycles. The van der Waals surface area contributed by atoms with Crippen molar-refractivity contribution in [2.75, 3.05) is 14.1 Å². The van der Waals surface area contributed by atoms with E-state index in [0.29, 0.717) is 11.7 Å². The van der Waals surface area contributed by atoms with Crippen molar-refractivity contribution in [1.82, 2.24) is 4.90 Å². The second-order valence-corrected chi connectivity index (χ2v) is 5.01. The highest BCUT2D eigenvalue weighted by molar-refractivity contribution is 9.10. The molecule has 16 heavy (non-hydrogen) atoms. The number of halogens is 1. The van der Waals surface area contributed by atoms with Crippen molar-refractivity contribution in [2.45, 2.75) is 18.9 Å². The van der Waals surface area contributed by atoms with E-state index in [-0.39, 0.29) is 5.91 Å². The molecule has 1 fully saturated rings. The molecule has 0 atom stereocenters. The largest absolute Gasteiger partial charge is 0.490 e. The van der Waals surface area contributed by atoms with Crippen LogP contribution in [0.4, 0.5) is 0 Å². The molecule has 4 heteroatoms. The summed E-state index contributed by atoms with van der Waals surface area (Å²) in [6.45, 7) is 0. The number of benzene rings is 1. The third-order valence-electron chi connectivity index (χ3n) is 2.40. The predicted octanol–water partition coefficient (Wildman–Crippen LogP) is 2.69. The van der Waals surface area contributed by atoms with Crippen LogP contribution < -0.4 is 4.74 Å². The van der Waals surface area contributed by atoms with Gasteiger partial charge in [-0.25, -0.2) is 0 Å². The Bertz CT molecular complexity index is 413.